The molecule has 152 valence electrons. The third kappa shape index (κ3) is 4.92. The van der Waals surface area contributed by atoms with Crippen molar-refractivity contribution in [2.75, 3.05) is 5.75 Å². The van der Waals surface area contributed by atoms with E-state index in [4.69, 9.17) is 16.6 Å². The van der Waals surface area contributed by atoms with Crippen LogP contribution in [0.2, 0.25) is 5.02 Å². The van der Waals surface area contributed by atoms with Gasteiger partial charge >= 0.3 is 0 Å². The minimum absolute atomic E-state index is 0.171. The predicted octanol–water partition coefficient (Wildman–Crippen LogP) is 5.35. The van der Waals surface area contributed by atoms with Gasteiger partial charge in [-0.25, -0.2) is 10.4 Å². The number of nitrogens with one attached hydrogen (secondary N) is 1. The van der Waals surface area contributed by atoms with E-state index in [0.29, 0.717) is 11.6 Å². The highest BCUT2D eigenvalue weighted by Crippen LogP contribution is 2.25. The van der Waals surface area contributed by atoms with Crippen molar-refractivity contribution in [3.8, 4) is 0 Å². The Morgan fingerprint density at radius 1 is 1.23 bits per heavy atom. The highest BCUT2D eigenvalue weighted by Gasteiger charge is 2.13. The number of hydrogen-bond acceptors (Lipinski definition) is 5. The molecule has 0 saturated carbocycles. The van der Waals surface area contributed by atoms with Gasteiger partial charge in [-0.05, 0) is 53.8 Å². The number of carbonyl (C=O) groups is 1. The summed E-state index contributed by atoms with van der Waals surface area (Å²) in [5, 5.41) is 7.56. The lowest BCUT2D eigenvalue weighted by atomic mass is 10.2. The first-order valence-corrected chi connectivity index (χ1v) is 11.5. The predicted molar refractivity (Wildman–Crippen MR) is 126 cm³/mol. The Morgan fingerprint density at radius 2 is 2.03 bits per heavy atom. The minimum atomic E-state index is -0.171. The molecular weight excluding hydrogens is 436 g/mol. The van der Waals surface area contributed by atoms with Crippen molar-refractivity contribution < 1.29 is 4.79 Å². The first-order chi connectivity index (χ1) is 14.6. The van der Waals surface area contributed by atoms with Crippen molar-refractivity contribution in [2.24, 2.45) is 5.10 Å². The van der Waals surface area contributed by atoms with Gasteiger partial charge in [0.25, 0.3) is 5.91 Å². The number of benzene rings is 2. The Balaban J connectivity index is 1.46. The van der Waals surface area contributed by atoms with E-state index >= 15 is 0 Å². The van der Waals surface area contributed by atoms with Crippen LogP contribution < -0.4 is 5.43 Å². The summed E-state index contributed by atoms with van der Waals surface area (Å²) in [6.07, 6.45) is 1.68. The van der Waals surface area contributed by atoms with Crippen molar-refractivity contribution in [3.05, 3.63) is 81.0 Å². The summed E-state index contributed by atoms with van der Waals surface area (Å²) in [5.74, 6) is 0.0561. The summed E-state index contributed by atoms with van der Waals surface area (Å²) in [6, 6.07) is 17.7. The van der Waals surface area contributed by atoms with Crippen LogP contribution >= 0.6 is 34.7 Å². The number of fused-ring (bicyclic) bond motifs is 1. The van der Waals surface area contributed by atoms with Crippen LogP contribution in [0.4, 0.5) is 0 Å². The molecule has 30 heavy (non-hydrogen) atoms. The van der Waals surface area contributed by atoms with Crippen LogP contribution in [-0.2, 0) is 11.3 Å². The molecule has 1 amide bonds. The second kappa shape index (κ2) is 9.47. The molecule has 0 fully saturated rings. The van der Waals surface area contributed by atoms with Crippen molar-refractivity contribution in [2.45, 2.75) is 18.6 Å². The average molecular weight is 455 g/mol. The Kier molecular flexibility index (Phi) is 6.52. The quantitative estimate of drug-likeness (QED) is 0.232. The van der Waals surface area contributed by atoms with E-state index in [1.54, 1.807) is 17.6 Å². The SMILES string of the molecule is Cc1ccsc1C=NNC(=O)CSc1nc2ccccc2n1Cc1ccc(Cl)cc1. The lowest BCUT2D eigenvalue weighted by Crippen LogP contribution is -2.20. The van der Waals surface area contributed by atoms with Gasteiger partial charge in [-0.15, -0.1) is 11.3 Å². The Labute approximate surface area is 187 Å². The van der Waals surface area contributed by atoms with Crippen molar-refractivity contribution in [1.29, 1.82) is 0 Å². The lowest BCUT2D eigenvalue weighted by molar-refractivity contribution is -0.118. The van der Waals surface area contributed by atoms with Gasteiger partial charge in [0.05, 0.1) is 29.5 Å². The number of hydrogen-bond donors (Lipinski definition) is 1. The van der Waals surface area contributed by atoms with Gasteiger partial charge in [-0.3, -0.25) is 4.79 Å². The minimum Gasteiger partial charge on any atom is -0.314 e. The van der Waals surface area contributed by atoms with Gasteiger partial charge < -0.3 is 4.57 Å². The summed E-state index contributed by atoms with van der Waals surface area (Å²) in [5.41, 5.74) is 6.78. The summed E-state index contributed by atoms with van der Waals surface area (Å²) in [4.78, 5) is 18.0. The van der Waals surface area contributed by atoms with Gasteiger partial charge in [0.1, 0.15) is 0 Å². The number of rotatable bonds is 7. The third-order valence-electron chi connectivity index (χ3n) is 4.48. The topological polar surface area (TPSA) is 59.3 Å². The molecule has 0 spiro atoms. The fourth-order valence-electron chi connectivity index (χ4n) is 2.93. The number of nitrogens with zero attached hydrogens (tertiary/aromatic N) is 3. The fourth-order valence-corrected chi connectivity index (χ4v) is 4.65. The highest BCUT2D eigenvalue weighted by molar-refractivity contribution is 7.99. The maximum absolute atomic E-state index is 12.3. The van der Waals surface area contributed by atoms with E-state index in [1.807, 2.05) is 66.9 Å². The smallest absolute Gasteiger partial charge is 0.250 e. The maximum Gasteiger partial charge on any atom is 0.250 e. The van der Waals surface area contributed by atoms with Crippen molar-refractivity contribution >= 4 is 57.9 Å². The van der Waals surface area contributed by atoms with E-state index in [0.717, 1.165) is 32.2 Å². The zero-order valence-electron chi connectivity index (χ0n) is 16.2. The molecule has 0 aliphatic heterocycles. The van der Waals surface area contributed by atoms with E-state index in [2.05, 4.69) is 15.1 Å². The van der Waals surface area contributed by atoms with E-state index in [9.17, 15) is 4.79 Å². The number of amides is 1. The number of thiophene rings is 1. The summed E-state index contributed by atoms with van der Waals surface area (Å²) in [7, 11) is 0. The third-order valence-corrected chi connectivity index (χ3v) is 6.66. The lowest BCUT2D eigenvalue weighted by Gasteiger charge is -2.09. The van der Waals surface area contributed by atoms with Crippen LogP contribution in [0.15, 0.2) is 70.2 Å². The molecule has 2 heterocycles. The second-order valence-corrected chi connectivity index (χ2v) is 8.97. The van der Waals surface area contributed by atoms with E-state index in [-0.39, 0.29) is 11.7 Å². The zero-order chi connectivity index (χ0) is 20.9. The zero-order valence-corrected chi connectivity index (χ0v) is 18.6. The van der Waals surface area contributed by atoms with Crippen molar-refractivity contribution in [1.82, 2.24) is 15.0 Å². The molecule has 0 aliphatic rings. The van der Waals surface area contributed by atoms with Crippen LogP contribution in [0, 0.1) is 6.92 Å². The molecule has 2 aromatic heterocycles. The Morgan fingerprint density at radius 3 is 2.80 bits per heavy atom. The molecule has 0 unspecified atom stereocenters. The summed E-state index contributed by atoms with van der Waals surface area (Å²) in [6.45, 7) is 2.66. The standard InChI is InChI=1S/C22H19ClN4OS2/c1-15-10-11-29-20(15)12-24-26-21(28)14-30-22-25-18-4-2-3-5-19(18)27(22)13-16-6-8-17(23)9-7-16/h2-12H,13-14H2,1H3,(H,26,28). The number of aryl methyl sites for hydroxylation is 1. The monoisotopic (exact) mass is 454 g/mol. The van der Waals surface area contributed by atoms with Crippen LogP contribution in [0.1, 0.15) is 16.0 Å². The van der Waals surface area contributed by atoms with Gasteiger partial charge in [0, 0.05) is 9.90 Å². The number of halogens is 1. The number of thioether (sulfide) groups is 1. The largest absolute Gasteiger partial charge is 0.314 e. The molecule has 0 radical (unpaired) electrons. The highest BCUT2D eigenvalue weighted by atomic mass is 35.5. The van der Waals surface area contributed by atoms with Gasteiger partial charge in [-0.1, -0.05) is 47.6 Å². The van der Waals surface area contributed by atoms with Crippen LogP contribution in [-0.4, -0.2) is 27.4 Å². The van der Waals surface area contributed by atoms with E-state index in [1.165, 1.54) is 11.8 Å². The van der Waals surface area contributed by atoms with Crippen LogP contribution in [0.25, 0.3) is 11.0 Å². The molecule has 4 aromatic rings. The molecule has 0 bridgehead atoms. The normalized spacial score (nSPS) is 11.4. The molecule has 0 atom stereocenters. The van der Waals surface area contributed by atoms with Gasteiger partial charge in [0.15, 0.2) is 5.16 Å². The Hall–Kier alpha value is -2.61. The first kappa shape index (κ1) is 20.7. The number of imidazole rings is 1. The molecule has 0 aliphatic carbocycles. The van der Waals surface area contributed by atoms with Crippen molar-refractivity contribution in [3.63, 3.8) is 0 Å². The molecule has 1 N–H and O–H groups in total. The number of hydrazone groups is 1. The van der Waals surface area contributed by atoms with Crippen LogP contribution in [0.3, 0.4) is 0 Å². The molecule has 4 rings (SSSR count). The van der Waals surface area contributed by atoms with Gasteiger partial charge in [0.2, 0.25) is 0 Å². The number of aromatic nitrogens is 2. The summed E-state index contributed by atoms with van der Waals surface area (Å²) < 4.78 is 2.12. The first-order valence-electron chi connectivity index (χ1n) is 9.28. The molecule has 2 aromatic carbocycles. The summed E-state index contributed by atoms with van der Waals surface area (Å²) >= 11 is 9.00. The van der Waals surface area contributed by atoms with Gasteiger partial charge in [-0.2, -0.15) is 5.10 Å². The van der Waals surface area contributed by atoms with Crippen LogP contribution in [0.5, 0.6) is 0 Å². The Bertz CT molecular complexity index is 1200. The number of para-hydroxylation sites is 2. The maximum atomic E-state index is 12.3. The fraction of sp³-hybridized carbons (Fsp3) is 0.136. The second-order valence-electron chi connectivity index (χ2n) is 6.65. The molecule has 8 heteroatoms. The average Bonchev–Trinajstić information content (AvgIpc) is 3.31. The molecule has 5 nitrogen and oxygen atoms in total. The molecule has 0 saturated heterocycles. The van der Waals surface area contributed by atoms with E-state index < -0.39 is 0 Å². The molecular formula is C22H19ClN4OS2. The number of carbonyl (C=O) groups excluding carboxylic acids is 1.